The first kappa shape index (κ1) is 13.9. The maximum Gasteiger partial charge on any atom is 0.339 e. The highest BCUT2D eigenvalue weighted by molar-refractivity contribution is 5.91. The molecule has 0 radical (unpaired) electrons. The summed E-state index contributed by atoms with van der Waals surface area (Å²) in [7, 11) is 1.49. The van der Waals surface area contributed by atoms with Gasteiger partial charge in [0, 0.05) is 12.5 Å². The maximum atomic E-state index is 11.1. The summed E-state index contributed by atoms with van der Waals surface area (Å²) in [5, 5.41) is 12.8. The molecule has 1 heterocycles. The van der Waals surface area contributed by atoms with Crippen molar-refractivity contribution in [2.24, 2.45) is 0 Å². The van der Waals surface area contributed by atoms with Crippen molar-refractivity contribution in [1.29, 1.82) is 0 Å². The number of benzene rings is 1. The number of carbonyl (C=O) groups is 1. The second-order valence-electron chi connectivity index (χ2n) is 3.91. The van der Waals surface area contributed by atoms with Crippen LogP contribution in [-0.4, -0.2) is 28.3 Å². The van der Waals surface area contributed by atoms with Crippen molar-refractivity contribution in [3.05, 3.63) is 35.5 Å². The highest BCUT2D eigenvalue weighted by Crippen LogP contribution is 2.25. The largest absolute Gasteiger partial charge is 0.497 e. The van der Waals surface area contributed by atoms with Crippen LogP contribution in [-0.2, 0) is 13.0 Å². The highest BCUT2D eigenvalue weighted by atomic mass is 16.5. The minimum atomic E-state index is -1.08. The van der Waals surface area contributed by atoms with Crippen molar-refractivity contribution in [3.8, 4) is 11.5 Å². The first-order chi connectivity index (χ1) is 9.63. The Morgan fingerprint density at radius 1 is 1.45 bits per heavy atom. The van der Waals surface area contributed by atoms with E-state index in [9.17, 15) is 4.79 Å². The average Bonchev–Trinajstić information content (AvgIpc) is 2.92. The predicted octanol–water partition coefficient (Wildman–Crippen LogP) is 1.92. The summed E-state index contributed by atoms with van der Waals surface area (Å²) in [4.78, 5) is 15.2. The van der Waals surface area contributed by atoms with E-state index in [1.54, 1.807) is 6.07 Å². The number of carboxylic acids is 1. The van der Waals surface area contributed by atoms with Crippen LogP contribution in [0, 0.1) is 0 Å². The zero-order valence-corrected chi connectivity index (χ0v) is 11.1. The van der Waals surface area contributed by atoms with Gasteiger partial charge in [-0.3, -0.25) is 0 Å². The molecular weight excluding hydrogens is 264 g/mol. The molecule has 0 unspecified atom stereocenters. The molecule has 0 fully saturated rings. The predicted molar refractivity (Wildman–Crippen MR) is 68.0 cm³/mol. The van der Waals surface area contributed by atoms with Crippen LogP contribution in [0.15, 0.2) is 22.7 Å². The monoisotopic (exact) mass is 278 g/mol. The fourth-order valence-corrected chi connectivity index (χ4v) is 1.56. The van der Waals surface area contributed by atoms with Crippen molar-refractivity contribution in [3.63, 3.8) is 0 Å². The van der Waals surface area contributed by atoms with Gasteiger partial charge in [0.1, 0.15) is 17.1 Å². The summed E-state index contributed by atoms with van der Waals surface area (Å²) in [6.45, 7) is 1.92. The zero-order chi connectivity index (χ0) is 14.5. The summed E-state index contributed by atoms with van der Waals surface area (Å²) in [5.74, 6) is 0.491. The summed E-state index contributed by atoms with van der Waals surface area (Å²) < 4.78 is 15.4. The third kappa shape index (κ3) is 3.05. The standard InChI is InChI=1S/C13H14N2O5/c1-3-12-14-11(15-20-12)7-19-10-6-8(18-2)4-5-9(10)13(16)17/h4-6H,3,7H2,1-2H3,(H,16,17). The molecule has 0 bridgehead atoms. The van der Waals surface area contributed by atoms with Gasteiger partial charge in [0.05, 0.1) is 7.11 Å². The number of ether oxygens (including phenoxy) is 2. The third-order valence-electron chi connectivity index (χ3n) is 2.59. The first-order valence-corrected chi connectivity index (χ1v) is 5.99. The molecule has 20 heavy (non-hydrogen) atoms. The van der Waals surface area contributed by atoms with Gasteiger partial charge in [0.25, 0.3) is 0 Å². The molecule has 7 heteroatoms. The molecule has 1 aromatic carbocycles. The van der Waals surface area contributed by atoms with E-state index >= 15 is 0 Å². The van der Waals surface area contributed by atoms with Gasteiger partial charge in [-0.25, -0.2) is 4.79 Å². The molecule has 7 nitrogen and oxygen atoms in total. The molecule has 0 saturated carbocycles. The van der Waals surface area contributed by atoms with Gasteiger partial charge in [0.15, 0.2) is 6.61 Å². The van der Waals surface area contributed by atoms with E-state index in [0.29, 0.717) is 23.9 Å². The lowest BCUT2D eigenvalue weighted by atomic mass is 10.2. The smallest absolute Gasteiger partial charge is 0.339 e. The number of nitrogens with zero attached hydrogens (tertiary/aromatic N) is 2. The quantitative estimate of drug-likeness (QED) is 0.862. The van der Waals surface area contributed by atoms with Gasteiger partial charge in [0.2, 0.25) is 11.7 Å². The topological polar surface area (TPSA) is 94.7 Å². The van der Waals surface area contributed by atoms with Gasteiger partial charge in [-0.05, 0) is 12.1 Å². The van der Waals surface area contributed by atoms with Crippen LogP contribution in [0.2, 0.25) is 0 Å². The molecule has 106 valence electrons. The van der Waals surface area contributed by atoms with E-state index in [2.05, 4.69) is 10.1 Å². The van der Waals surface area contributed by atoms with E-state index in [1.165, 1.54) is 19.2 Å². The summed E-state index contributed by atoms with van der Waals surface area (Å²) in [5.41, 5.74) is 0.0463. The van der Waals surface area contributed by atoms with E-state index in [-0.39, 0.29) is 17.9 Å². The molecule has 0 aliphatic rings. The van der Waals surface area contributed by atoms with Crippen LogP contribution in [0.4, 0.5) is 0 Å². The second kappa shape index (κ2) is 6.05. The minimum Gasteiger partial charge on any atom is -0.497 e. The van der Waals surface area contributed by atoms with Gasteiger partial charge < -0.3 is 19.1 Å². The fraction of sp³-hybridized carbons (Fsp3) is 0.308. The molecule has 0 atom stereocenters. The lowest BCUT2D eigenvalue weighted by molar-refractivity contribution is 0.0691. The molecule has 1 aromatic heterocycles. The second-order valence-corrected chi connectivity index (χ2v) is 3.91. The Morgan fingerprint density at radius 2 is 2.25 bits per heavy atom. The van der Waals surface area contributed by atoms with Crippen LogP contribution >= 0.6 is 0 Å². The van der Waals surface area contributed by atoms with E-state index < -0.39 is 5.97 Å². The number of aromatic nitrogens is 2. The Hall–Kier alpha value is -2.57. The van der Waals surface area contributed by atoms with E-state index in [0.717, 1.165) is 0 Å². The Morgan fingerprint density at radius 3 is 2.85 bits per heavy atom. The molecule has 0 spiro atoms. The molecule has 0 saturated heterocycles. The molecule has 0 amide bonds. The number of hydrogen-bond acceptors (Lipinski definition) is 6. The fourth-order valence-electron chi connectivity index (χ4n) is 1.56. The van der Waals surface area contributed by atoms with Crippen LogP contribution in [0.5, 0.6) is 11.5 Å². The van der Waals surface area contributed by atoms with E-state index in [4.69, 9.17) is 19.1 Å². The molecule has 2 aromatic rings. The SMILES string of the molecule is CCc1nc(COc2cc(OC)ccc2C(=O)O)no1. The lowest BCUT2D eigenvalue weighted by Gasteiger charge is -2.09. The first-order valence-electron chi connectivity index (χ1n) is 5.99. The van der Waals surface area contributed by atoms with E-state index in [1.807, 2.05) is 6.92 Å². The van der Waals surface area contributed by atoms with Crippen molar-refractivity contribution in [1.82, 2.24) is 10.1 Å². The number of hydrogen-bond donors (Lipinski definition) is 1. The molecule has 1 N–H and O–H groups in total. The van der Waals surface area contributed by atoms with Crippen LogP contribution in [0.25, 0.3) is 0 Å². The summed E-state index contributed by atoms with van der Waals surface area (Å²) in [6, 6.07) is 4.48. The van der Waals surface area contributed by atoms with Crippen LogP contribution in [0.3, 0.4) is 0 Å². The molecule has 2 rings (SSSR count). The van der Waals surface area contributed by atoms with Crippen molar-refractivity contribution in [2.45, 2.75) is 20.0 Å². The average molecular weight is 278 g/mol. The van der Waals surface area contributed by atoms with Crippen LogP contribution in [0.1, 0.15) is 29.0 Å². The van der Waals surface area contributed by atoms with Gasteiger partial charge in [-0.15, -0.1) is 0 Å². The van der Waals surface area contributed by atoms with Gasteiger partial charge >= 0.3 is 5.97 Å². The number of aryl methyl sites for hydroxylation is 1. The highest BCUT2D eigenvalue weighted by Gasteiger charge is 2.14. The van der Waals surface area contributed by atoms with Gasteiger partial charge in [-0.2, -0.15) is 4.98 Å². The minimum absolute atomic E-state index is 0.0247. The Balaban J connectivity index is 2.16. The zero-order valence-electron chi connectivity index (χ0n) is 11.1. The Kier molecular flexibility index (Phi) is 4.19. The number of carboxylic acid groups (broad SMARTS) is 1. The number of rotatable bonds is 6. The number of methoxy groups -OCH3 is 1. The molecule has 0 aliphatic carbocycles. The summed E-state index contributed by atoms with van der Waals surface area (Å²) >= 11 is 0. The summed E-state index contributed by atoms with van der Waals surface area (Å²) in [6.07, 6.45) is 0.631. The Labute approximate surface area is 115 Å². The van der Waals surface area contributed by atoms with Crippen molar-refractivity contribution in [2.75, 3.05) is 7.11 Å². The van der Waals surface area contributed by atoms with Crippen molar-refractivity contribution < 1.29 is 23.9 Å². The molecule has 0 aliphatic heterocycles. The Bertz CT molecular complexity index is 609. The number of aromatic carboxylic acids is 1. The lowest BCUT2D eigenvalue weighted by Crippen LogP contribution is -2.04. The maximum absolute atomic E-state index is 11.1. The van der Waals surface area contributed by atoms with Crippen molar-refractivity contribution >= 4 is 5.97 Å². The normalized spacial score (nSPS) is 10.3. The third-order valence-corrected chi connectivity index (χ3v) is 2.59. The molecular formula is C13H14N2O5. The van der Waals surface area contributed by atoms with Crippen LogP contribution < -0.4 is 9.47 Å². The van der Waals surface area contributed by atoms with Gasteiger partial charge in [-0.1, -0.05) is 12.1 Å².